The molecule has 1 aliphatic rings. The molecule has 0 aliphatic carbocycles. The van der Waals surface area contributed by atoms with Gasteiger partial charge >= 0.3 is 0 Å². The van der Waals surface area contributed by atoms with E-state index in [4.69, 9.17) is 4.99 Å². The first-order chi connectivity index (χ1) is 11.5. The molecule has 0 spiro atoms. The molecule has 0 saturated carbocycles. The van der Waals surface area contributed by atoms with Gasteiger partial charge in [0.1, 0.15) is 0 Å². The molecule has 1 aliphatic heterocycles. The van der Waals surface area contributed by atoms with Gasteiger partial charge in [0.05, 0.1) is 6.54 Å². The topological polar surface area (TPSA) is 42.9 Å². The number of rotatable bonds is 5. The van der Waals surface area contributed by atoms with Crippen LogP contribution < -0.4 is 10.6 Å². The van der Waals surface area contributed by atoms with E-state index in [0.29, 0.717) is 12.6 Å². The lowest BCUT2D eigenvalue weighted by Crippen LogP contribution is -2.55. The Kier molecular flexibility index (Phi) is 9.74. The van der Waals surface area contributed by atoms with Crippen molar-refractivity contribution >= 4 is 29.9 Å². The third-order valence-corrected chi connectivity index (χ3v) is 4.74. The first kappa shape index (κ1) is 22.2. The second-order valence-electron chi connectivity index (χ2n) is 6.90. The van der Waals surface area contributed by atoms with Crippen LogP contribution in [-0.2, 0) is 6.54 Å². The van der Waals surface area contributed by atoms with Gasteiger partial charge in [-0.15, -0.1) is 24.0 Å². The van der Waals surface area contributed by atoms with Crippen molar-refractivity contribution in [3.63, 3.8) is 0 Å². The molecule has 1 aromatic rings. The van der Waals surface area contributed by atoms with Crippen LogP contribution in [0, 0.1) is 13.8 Å². The molecule has 0 amide bonds. The monoisotopic (exact) mass is 459 g/mol. The fraction of sp³-hybridized carbons (Fsp3) is 0.632. The highest BCUT2D eigenvalue weighted by atomic mass is 127. The van der Waals surface area contributed by atoms with E-state index in [-0.39, 0.29) is 24.0 Å². The van der Waals surface area contributed by atoms with Crippen LogP contribution >= 0.6 is 24.0 Å². The van der Waals surface area contributed by atoms with E-state index in [1.165, 1.54) is 16.7 Å². The van der Waals surface area contributed by atoms with Crippen molar-refractivity contribution in [2.45, 2.75) is 33.4 Å². The molecule has 25 heavy (non-hydrogen) atoms. The predicted molar refractivity (Wildman–Crippen MR) is 118 cm³/mol. The fourth-order valence-electron chi connectivity index (χ4n) is 3.07. The summed E-state index contributed by atoms with van der Waals surface area (Å²) in [5.41, 5.74) is 3.89. The van der Waals surface area contributed by atoms with Crippen LogP contribution in [0.1, 0.15) is 23.6 Å². The predicted octanol–water partition coefficient (Wildman–Crippen LogP) is 2.22. The van der Waals surface area contributed by atoms with Crippen LogP contribution in [-0.4, -0.2) is 68.6 Å². The van der Waals surface area contributed by atoms with E-state index in [2.05, 4.69) is 73.5 Å². The Hall–Kier alpha value is -0.860. The van der Waals surface area contributed by atoms with Crippen molar-refractivity contribution in [1.29, 1.82) is 0 Å². The van der Waals surface area contributed by atoms with Crippen molar-refractivity contribution in [2.24, 2.45) is 4.99 Å². The maximum atomic E-state index is 4.76. The molecule has 1 aromatic carbocycles. The van der Waals surface area contributed by atoms with E-state index in [1.807, 2.05) is 0 Å². The molecule has 142 valence electrons. The van der Waals surface area contributed by atoms with Crippen molar-refractivity contribution in [3.8, 4) is 0 Å². The van der Waals surface area contributed by atoms with Gasteiger partial charge in [-0.05, 0) is 46.0 Å². The van der Waals surface area contributed by atoms with E-state index >= 15 is 0 Å². The number of aryl methyl sites for hydroxylation is 2. The summed E-state index contributed by atoms with van der Waals surface area (Å²) in [4.78, 5) is 9.59. The number of likely N-dealkylation sites (N-methyl/N-ethyl adjacent to an activating group) is 2. The van der Waals surface area contributed by atoms with Gasteiger partial charge in [0.25, 0.3) is 0 Å². The molecule has 5 nitrogen and oxygen atoms in total. The normalized spacial score (nSPS) is 19.4. The first-order valence-corrected chi connectivity index (χ1v) is 8.96. The van der Waals surface area contributed by atoms with Crippen molar-refractivity contribution in [3.05, 3.63) is 34.9 Å². The minimum absolute atomic E-state index is 0. The quantitative estimate of drug-likeness (QED) is 0.403. The van der Waals surface area contributed by atoms with Gasteiger partial charge in [-0.1, -0.05) is 23.8 Å². The Balaban J connectivity index is 0.00000312. The summed E-state index contributed by atoms with van der Waals surface area (Å²) < 4.78 is 0. The zero-order valence-corrected chi connectivity index (χ0v) is 18.6. The minimum Gasteiger partial charge on any atom is -0.357 e. The van der Waals surface area contributed by atoms with Gasteiger partial charge in [0, 0.05) is 38.8 Å². The highest BCUT2D eigenvalue weighted by molar-refractivity contribution is 14.0. The fourth-order valence-corrected chi connectivity index (χ4v) is 3.07. The number of nitrogens with one attached hydrogen (secondary N) is 2. The smallest absolute Gasteiger partial charge is 0.191 e. The first-order valence-electron chi connectivity index (χ1n) is 8.96. The molecule has 2 rings (SSSR count). The second-order valence-corrected chi connectivity index (χ2v) is 6.90. The number of piperazine rings is 1. The molecular weight excluding hydrogens is 425 g/mol. The average Bonchev–Trinajstić information content (AvgIpc) is 2.54. The Morgan fingerprint density at radius 3 is 2.64 bits per heavy atom. The lowest BCUT2D eigenvalue weighted by molar-refractivity contribution is 0.116. The van der Waals surface area contributed by atoms with E-state index in [9.17, 15) is 0 Å². The molecule has 0 bridgehead atoms. The second kappa shape index (κ2) is 11.0. The van der Waals surface area contributed by atoms with E-state index in [1.54, 1.807) is 0 Å². The van der Waals surface area contributed by atoms with Gasteiger partial charge in [0.15, 0.2) is 5.96 Å². The van der Waals surface area contributed by atoms with Crippen LogP contribution in [0.25, 0.3) is 0 Å². The number of aliphatic imine (C=N–C) groups is 1. The number of halogens is 1. The van der Waals surface area contributed by atoms with Gasteiger partial charge in [-0.25, -0.2) is 4.99 Å². The number of nitrogens with zero attached hydrogens (tertiary/aromatic N) is 3. The van der Waals surface area contributed by atoms with Crippen LogP contribution in [0.4, 0.5) is 0 Å². The summed E-state index contributed by atoms with van der Waals surface area (Å²) in [5.74, 6) is 0.902. The molecule has 1 saturated heterocycles. The summed E-state index contributed by atoms with van der Waals surface area (Å²) >= 11 is 0. The lowest BCUT2D eigenvalue weighted by Gasteiger charge is -2.37. The number of hydrogen-bond donors (Lipinski definition) is 2. The highest BCUT2D eigenvalue weighted by Crippen LogP contribution is 2.11. The minimum atomic E-state index is 0. The van der Waals surface area contributed by atoms with E-state index < -0.39 is 0 Å². The molecule has 1 fully saturated rings. The Morgan fingerprint density at radius 2 is 1.96 bits per heavy atom. The SMILES string of the molecule is CCNC(=NCc1ccc(C)cc1C)NCC1CN(C)CCN1C.I. The molecule has 6 heteroatoms. The Bertz CT molecular complexity index is 561. The van der Waals surface area contributed by atoms with Crippen molar-refractivity contribution < 1.29 is 0 Å². The largest absolute Gasteiger partial charge is 0.357 e. The third kappa shape index (κ3) is 7.11. The van der Waals surface area contributed by atoms with E-state index in [0.717, 1.165) is 38.7 Å². The van der Waals surface area contributed by atoms with Crippen molar-refractivity contribution in [2.75, 3.05) is 46.8 Å². The number of hydrogen-bond acceptors (Lipinski definition) is 3. The molecule has 1 unspecified atom stereocenters. The zero-order valence-electron chi connectivity index (χ0n) is 16.3. The zero-order chi connectivity index (χ0) is 17.5. The van der Waals surface area contributed by atoms with Gasteiger partial charge in [-0.3, -0.25) is 4.90 Å². The molecule has 0 radical (unpaired) electrons. The lowest BCUT2D eigenvalue weighted by atomic mass is 10.1. The summed E-state index contributed by atoms with van der Waals surface area (Å²) in [6.07, 6.45) is 0. The number of guanidine groups is 1. The van der Waals surface area contributed by atoms with Crippen LogP contribution in [0.2, 0.25) is 0 Å². The van der Waals surface area contributed by atoms with Crippen LogP contribution in [0.3, 0.4) is 0 Å². The Morgan fingerprint density at radius 1 is 1.20 bits per heavy atom. The van der Waals surface area contributed by atoms with Crippen LogP contribution in [0.5, 0.6) is 0 Å². The maximum Gasteiger partial charge on any atom is 0.191 e. The van der Waals surface area contributed by atoms with Crippen LogP contribution in [0.15, 0.2) is 23.2 Å². The maximum absolute atomic E-state index is 4.76. The molecule has 1 heterocycles. The highest BCUT2D eigenvalue weighted by Gasteiger charge is 2.21. The summed E-state index contributed by atoms with van der Waals surface area (Å²) in [6, 6.07) is 7.08. The standard InChI is InChI=1S/C19H33N5.HI/c1-6-20-19(21-12-17-8-7-15(2)11-16(17)3)22-13-18-14-23(4)9-10-24(18)5;/h7-8,11,18H,6,9-10,12-14H2,1-5H3,(H2,20,21,22);1H. The summed E-state index contributed by atoms with van der Waals surface area (Å²) in [5, 5.41) is 6.87. The molecule has 1 atom stereocenters. The Labute approximate surface area is 170 Å². The van der Waals surface area contributed by atoms with Crippen molar-refractivity contribution in [1.82, 2.24) is 20.4 Å². The summed E-state index contributed by atoms with van der Waals surface area (Å²) in [7, 11) is 4.40. The average molecular weight is 459 g/mol. The molecule has 2 N–H and O–H groups in total. The van der Waals surface area contributed by atoms with Gasteiger partial charge in [0.2, 0.25) is 0 Å². The third-order valence-electron chi connectivity index (χ3n) is 4.74. The summed E-state index contributed by atoms with van der Waals surface area (Å²) in [6.45, 7) is 12.3. The number of benzene rings is 1. The van der Waals surface area contributed by atoms with Gasteiger partial charge in [-0.2, -0.15) is 0 Å². The molecule has 0 aromatic heterocycles. The molecular formula is C19H34IN5. The van der Waals surface area contributed by atoms with Gasteiger partial charge < -0.3 is 15.5 Å².